The summed E-state index contributed by atoms with van der Waals surface area (Å²) < 4.78 is 19.6. The van der Waals surface area contributed by atoms with Gasteiger partial charge in [-0.2, -0.15) is 5.10 Å². The standard InChI is InChI=1S/C21H19FN4O4/c1-12-4-5-13(20(28)23-2)10-16(12)24-21(29)19-17(27)11-18(30-3)26(25-19)15-8-6-14(22)7-9-15/h4-11H,1-3H3,(H,23,28)(H,24,29). The minimum absolute atomic E-state index is 0.0842. The van der Waals surface area contributed by atoms with Gasteiger partial charge in [0, 0.05) is 18.3 Å². The number of hydrogen-bond donors (Lipinski definition) is 2. The summed E-state index contributed by atoms with van der Waals surface area (Å²) in [6.45, 7) is 1.75. The average Bonchev–Trinajstić information content (AvgIpc) is 2.75. The van der Waals surface area contributed by atoms with Crippen LogP contribution in [0.5, 0.6) is 5.88 Å². The molecule has 0 atom stereocenters. The highest BCUT2D eigenvalue weighted by Gasteiger charge is 2.18. The topological polar surface area (TPSA) is 102 Å². The van der Waals surface area contributed by atoms with Gasteiger partial charge in [-0.25, -0.2) is 9.07 Å². The zero-order valence-electron chi connectivity index (χ0n) is 16.5. The molecule has 3 aromatic rings. The fourth-order valence-corrected chi connectivity index (χ4v) is 2.73. The monoisotopic (exact) mass is 410 g/mol. The molecule has 9 heteroatoms. The van der Waals surface area contributed by atoms with Crippen molar-refractivity contribution in [2.75, 3.05) is 19.5 Å². The molecule has 0 aliphatic carbocycles. The van der Waals surface area contributed by atoms with Crippen LogP contribution in [0.4, 0.5) is 10.1 Å². The highest BCUT2D eigenvalue weighted by molar-refractivity contribution is 6.04. The quantitative estimate of drug-likeness (QED) is 0.672. The zero-order valence-corrected chi connectivity index (χ0v) is 16.5. The molecule has 1 heterocycles. The van der Waals surface area contributed by atoms with E-state index >= 15 is 0 Å². The van der Waals surface area contributed by atoms with E-state index in [2.05, 4.69) is 15.7 Å². The van der Waals surface area contributed by atoms with Crippen LogP contribution >= 0.6 is 0 Å². The van der Waals surface area contributed by atoms with Crippen molar-refractivity contribution in [2.45, 2.75) is 6.92 Å². The molecule has 0 spiro atoms. The number of rotatable bonds is 5. The smallest absolute Gasteiger partial charge is 0.280 e. The third-order valence-electron chi connectivity index (χ3n) is 4.37. The summed E-state index contributed by atoms with van der Waals surface area (Å²) in [5, 5.41) is 9.23. The third kappa shape index (κ3) is 4.19. The lowest BCUT2D eigenvalue weighted by Crippen LogP contribution is -2.27. The second-order valence-corrected chi connectivity index (χ2v) is 6.35. The largest absolute Gasteiger partial charge is 0.481 e. The van der Waals surface area contributed by atoms with Gasteiger partial charge in [-0.3, -0.25) is 14.4 Å². The molecule has 0 aliphatic rings. The molecule has 3 rings (SSSR count). The molecule has 0 saturated heterocycles. The Morgan fingerprint density at radius 1 is 1.07 bits per heavy atom. The molecule has 2 aromatic carbocycles. The van der Waals surface area contributed by atoms with E-state index in [1.807, 2.05) is 0 Å². The van der Waals surface area contributed by atoms with Crippen molar-refractivity contribution in [3.63, 3.8) is 0 Å². The van der Waals surface area contributed by atoms with Gasteiger partial charge in [-0.05, 0) is 48.9 Å². The van der Waals surface area contributed by atoms with Crippen LogP contribution in [0.25, 0.3) is 5.69 Å². The number of carbonyl (C=O) groups excluding carboxylic acids is 2. The lowest BCUT2D eigenvalue weighted by Gasteiger charge is -2.13. The Bertz CT molecular complexity index is 1170. The fraction of sp³-hybridized carbons (Fsp3) is 0.143. The van der Waals surface area contributed by atoms with Crippen molar-refractivity contribution in [2.24, 2.45) is 0 Å². The number of amides is 2. The van der Waals surface area contributed by atoms with E-state index in [9.17, 15) is 18.8 Å². The number of benzene rings is 2. The highest BCUT2D eigenvalue weighted by Crippen LogP contribution is 2.19. The summed E-state index contributed by atoms with van der Waals surface area (Å²) in [7, 11) is 2.85. The van der Waals surface area contributed by atoms with E-state index in [0.29, 0.717) is 22.5 Å². The first kappa shape index (κ1) is 20.7. The normalized spacial score (nSPS) is 10.4. The lowest BCUT2D eigenvalue weighted by atomic mass is 10.1. The summed E-state index contributed by atoms with van der Waals surface area (Å²) in [4.78, 5) is 37.1. The predicted octanol–water partition coefficient (Wildman–Crippen LogP) is 2.30. The number of aryl methyl sites for hydroxylation is 1. The second kappa shape index (κ2) is 8.56. The minimum Gasteiger partial charge on any atom is -0.481 e. The SMILES string of the molecule is CNC(=O)c1ccc(C)c(NC(=O)c2nn(-c3ccc(F)cc3)c(OC)cc2=O)c1. The summed E-state index contributed by atoms with van der Waals surface area (Å²) in [5.74, 6) is -1.42. The number of aromatic nitrogens is 2. The van der Waals surface area contributed by atoms with Crippen LogP contribution in [0.1, 0.15) is 26.4 Å². The van der Waals surface area contributed by atoms with Gasteiger partial charge in [0.15, 0.2) is 5.69 Å². The maximum Gasteiger partial charge on any atom is 0.280 e. The van der Waals surface area contributed by atoms with Crippen molar-refractivity contribution >= 4 is 17.5 Å². The van der Waals surface area contributed by atoms with Crippen LogP contribution in [0.15, 0.2) is 53.3 Å². The first-order valence-electron chi connectivity index (χ1n) is 8.92. The van der Waals surface area contributed by atoms with E-state index in [0.717, 1.165) is 6.07 Å². The van der Waals surface area contributed by atoms with Crippen LogP contribution in [-0.4, -0.2) is 35.8 Å². The van der Waals surface area contributed by atoms with Crippen LogP contribution in [0.3, 0.4) is 0 Å². The van der Waals surface area contributed by atoms with Gasteiger partial charge >= 0.3 is 0 Å². The van der Waals surface area contributed by atoms with Gasteiger partial charge in [0.25, 0.3) is 11.8 Å². The molecule has 0 bridgehead atoms. The summed E-state index contributed by atoms with van der Waals surface area (Å²) in [6, 6.07) is 11.3. The molecule has 30 heavy (non-hydrogen) atoms. The van der Waals surface area contributed by atoms with E-state index in [1.165, 1.54) is 49.2 Å². The molecule has 0 unspecified atom stereocenters. The molecule has 0 aliphatic heterocycles. The van der Waals surface area contributed by atoms with E-state index < -0.39 is 17.2 Å². The van der Waals surface area contributed by atoms with Gasteiger partial charge in [-0.15, -0.1) is 0 Å². The predicted molar refractivity (Wildman–Crippen MR) is 109 cm³/mol. The Morgan fingerprint density at radius 2 is 1.77 bits per heavy atom. The highest BCUT2D eigenvalue weighted by atomic mass is 19.1. The Labute approximate surface area is 171 Å². The van der Waals surface area contributed by atoms with Crippen LogP contribution in [-0.2, 0) is 0 Å². The third-order valence-corrected chi connectivity index (χ3v) is 4.37. The minimum atomic E-state index is -0.754. The van der Waals surface area contributed by atoms with Gasteiger partial charge in [0.05, 0.1) is 18.9 Å². The maximum absolute atomic E-state index is 13.2. The number of methoxy groups -OCH3 is 1. The molecule has 154 valence electrons. The molecule has 2 N–H and O–H groups in total. The maximum atomic E-state index is 13.2. The van der Waals surface area contributed by atoms with E-state index in [-0.39, 0.29) is 17.5 Å². The van der Waals surface area contributed by atoms with Gasteiger partial charge < -0.3 is 15.4 Å². The molecular weight excluding hydrogens is 391 g/mol. The average molecular weight is 410 g/mol. The van der Waals surface area contributed by atoms with Crippen molar-refractivity contribution in [3.05, 3.63) is 81.4 Å². The number of nitrogens with one attached hydrogen (secondary N) is 2. The second-order valence-electron chi connectivity index (χ2n) is 6.35. The van der Waals surface area contributed by atoms with Gasteiger partial charge in [0.2, 0.25) is 11.3 Å². The van der Waals surface area contributed by atoms with Crippen LogP contribution in [0.2, 0.25) is 0 Å². The number of carbonyl (C=O) groups is 2. The van der Waals surface area contributed by atoms with Crippen molar-refractivity contribution in [1.82, 2.24) is 15.1 Å². The van der Waals surface area contributed by atoms with Crippen LogP contribution in [0, 0.1) is 12.7 Å². The van der Waals surface area contributed by atoms with Crippen molar-refractivity contribution in [1.29, 1.82) is 0 Å². The van der Waals surface area contributed by atoms with Crippen molar-refractivity contribution in [3.8, 4) is 11.6 Å². The molecule has 0 fully saturated rings. The molecule has 0 saturated carbocycles. The Balaban J connectivity index is 2.01. The molecule has 0 radical (unpaired) electrons. The summed E-state index contributed by atoms with van der Waals surface area (Å²) >= 11 is 0. The van der Waals surface area contributed by atoms with Crippen molar-refractivity contribution < 1.29 is 18.7 Å². The first-order valence-corrected chi connectivity index (χ1v) is 8.92. The number of hydrogen-bond acceptors (Lipinski definition) is 5. The molecule has 1 aromatic heterocycles. The number of anilines is 1. The molecular formula is C21H19FN4O4. The number of ether oxygens (including phenoxy) is 1. The molecule has 2 amide bonds. The Morgan fingerprint density at radius 3 is 2.40 bits per heavy atom. The summed E-state index contributed by atoms with van der Waals surface area (Å²) in [5.41, 5.74) is 0.785. The Kier molecular flexibility index (Phi) is 5.91. The number of halogens is 1. The lowest BCUT2D eigenvalue weighted by molar-refractivity contribution is 0.0961. The zero-order chi connectivity index (χ0) is 21.8. The van der Waals surface area contributed by atoms with Gasteiger partial charge in [-0.1, -0.05) is 6.07 Å². The van der Waals surface area contributed by atoms with Gasteiger partial charge in [0.1, 0.15) is 5.82 Å². The number of nitrogens with zero attached hydrogens (tertiary/aromatic N) is 2. The first-order chi connectivity index (χ1) is 14.3. The molecule has 8 nitrogen and oxygen atoms in total. The van der Waals surface area contributed by atoms with E-state index in [4.69, 9.17) is 4.74 Å². The van der Waals surface area contributed by atoms with E-state index in [1.54, 1.807) is 19.1 Å². The van der Waals surface area contributed by atoms with Crippen LogP contribution < -0.4 is 20.8 Å². The summed E-state index contributed by atoms with van der Waals surface area (Å²) in [6.07, 6.45) is 0. The fourth-order valence-electron chi connectivity index (χ4n) is 2.73. The Hall–Kier alpha value is -4.01.